The fraction of sp³-hybridized carbons (Fsp3) is 0.118. The highest BCUT2D eigenvalue weighted by Gasteiger charge is 2.09. The zero-order valence-corrected chi connectivity index (χ0v) is 15.3. The summed E-state index contributed by atoms with van der Waals surface area (Å²) in [6.45, 7) is 1.84. The minimum atomic E-state index is 0.172. The van der Waals surface area contributed by atoms with Gasteiger partial charge in [0.15, 0.2) is 5.82 Å². The molecule has 122 valence electrons. The maximum atomic E-state index is 9.90. The Morgan fingerprint density at radius 3 is 2.79 bits per heavy atom. The molecule has 0 saturated heterocycles. The van der Waals surface area contributed by atoms with Crippen molar-refractivity contribution in [2.75, 3.05) is 0 Å². The summed E-state index contributed by atoms with van der Waals surface area (Å²) < 4.78 is 2.55. The number of nitrogens with zero attached hydrogens (tertiary/aromatic N) is 4. The highest BCUT2D eigenvalue weighted by Crippen LogP contribution is 2.23. The molecule has 1 aromatic heterocycles. The van der Waals surface area contributed by atoms with E-state index < -0.39 is 0 Å². The summed E-state index contributed by atoms with van der Waals surface area (Å²) in [4.78, 5) is 0. The van der Waals surface area contributed by atoms with Crippen molar-refractivity contribution in [2.45, 2.75) is 17.8 Å². The average molecular weight is 403 g/mol. The Labute approximate surface area is 152 Å². The SMILES string of the molecule is Cc1nnc(SCc2ccccc2)n1/N=C/c1cc(Br)ccc1O. The first kappa shape index (κ1) is 16.7. The van der Waals surface area contributed by atoms with Gasteiger partial charge in [0, 0.05) is 15.8 Å². The van der Waals surface area contributed by atoms with Crippen LogP contribution in [0.3, 0.4) is 0 Å². The largest absolute Gasteiger partial charge is 0.507 e. The lowest BCUT2D eigenvalue weighted by Gasteiger charge is -2.03. The second-order valence-electron chi connectivity index (χ2n) is 5.06. The van der Waals surface area contributed by atoms with Gasteiger partial charge in [-0.1, -0.05) is 58.0 Å². The lowest BCUT2D eigenvalue weighted by molar-refractivity contribution is 0.474. The number of aromatic hydroxyl groups is 1. The second kappa shape index (κ2) is 7.63. The summed E-state index contributed by atoms with van der Waals surface area (Å²) >= 11 is 4.95. The third-order valence-corrected chi connectivity index (χ3v) is 4.76. The summed E-state index contributed by atoms with van der Waals surface area (Å²) in [5, 5.41) is 23.3. The molecule has 0 unspecified atom stereocenters. The molecule has 0 radical (unpaired) electrons. The fourth-order valence-electron chi connectivity index (χ4n) is 2.03. The fourth-order valence-corrected chi connectivity index (χ4v) is 3.30. The zero-order valence-electron chi connectivity index (χ0n) is 12.9. The van der Waals surface area contributed by atoms with E-state index in [-0.39, 0.29) is 5.75 Å². The first-order chi connectivity index (χ1) is 11.6. The van der Waals surface area contributed by atoms with Gasteiger partial charge in [0.05, 0.1) is 6.21 Å². The number of rotatable bonds is 5. The third kappa shape index (κ3) is 4.04. The molecule has 0 aliphatic carbocycles. The predicted molar refractivity (Wildman–Crippen MR) is 99.6 cm³/mol. The van der Waals surface area contributed by atoms with E-state index in [9.17, 15) is 5.11 Å². The van der Waals surface area contributed by atoms with Crippen LogP contribution in [0, 0.1) is 6.92 Å². The van der Waals surface area contributed by atoms with Crippen molar-refractivity contribution in [2.24, 2.45) is 5.10 Å². The van der Waals surface area contributed by atoms with E-state index in [1.807, 2.05) is 25.1 Å². The number of phenolic OH excluding ortho intramolecular Hbond substituents is 1. The van der Waals surface area contributed by atoms with Gasteiger partial charge in [-0.3, -0.25) is 0 Å². The van der Waals surface area contributed by atoms with Gasteiger partial charge in [0.25, 0.3) is 0 Å². The summed E-state index contributed by atoms with van der Waals surface area (Å²) in [6.07, 6.45) is 1.60. The number of hydrogen-bond acceptors (Lipinski definition) is 5. The molecule has 3 rings (SSSR count). The van der Waals surface area contributed by atoms with Crippen LogP contribution in [0.4, 0.5) is 0 Å². The summed E-state index contributed by atoms with van der Waals surface area (Å²) in [5.74, 6) is 1.65. The van der Waals surface area contributed by atoms with Crippen LogP contribution in [0.2, 0.25) is 0 Å². The van der Waals surface area contributed by atoms with E-state index in [0.29, 0.717) is 16.5 Å². The zero-order chi connectivity index (χ0) is 16.9. The van der Waals surface area contributed by atoms with E-state index in [4.69, 9.17) is 0 Å². The number of aromatic nitrogens is 3. The van der Waals surface area contributed by atoms with Crippen molar-refractivity contribution in [3.63, 3.8) is 0 Å². The van der Waals surface area contributed by atoms with Crippen molar-refractivity contribution >= 4 is 33.9 Å². The van der Waals surface area contributed by atoms with Crippen LogP contribution in [0.25, 0.3) is 0 Å². The minimum absolute atomic E-state index is 0.172. The highest BCUT2D eigenvalue weighted by molar-refractivity contribution is 9.10. The molecule has 0 atom stereocenters. The first-order valence-electron chi connectivity index (χ1n) is 7.25. The van der Waals surface area contributed by atoms with Gasteiger partial charge in [-0.15, -0.1) is 10.2 Å². The van der Waals surface area contributed by atoms with Gasteiger partial charge >= 0.3 is 0 Å². The van der Waals surface area contributed by atoms with E-state index in [1.54, 1.807) is 40.9 Å². The lowest BCUT2D eigenvalue weighted by atomic mass is 10.2. The van der Waals surface area contributed by atoms with Crippen LogP contribution in [0.1, 0.15) is 17.0 Å². The molecule has 1 heterocycles. The second-order valence-corrected chi connectivity index (χ2v) is 6.92. The van der Waals surface area contributed by atoms with Crippen LogP contribution >= 0.6 is 27.7 Å². The van der Waals surface area contributed by atoms with Gasteiger partial charge in [-0.2, -0.15) is 9.78 Å². The lowest BCUT2D eigenvalue weighted by Crippen LogP contribution is -1.96. The Balaban J connectivity index is 1.80. The van der Waals surface area contributed by atoms with Crippen LogP contribution < -0.4 is 0 Å². The van der Waals surface area contributed by atoms with Crippen molar-refractivity contribution in [3.05, 3.63) is 70.0 Å². The molecule has 0 amide bonds. The molecule has 5 nitrogen and oxygen atoms in total. The summed E-state index contributed by atoms with van der Waals surface area (Å²) in [7, 11) is 0. The Morgan fingerprint density at radius 2 is 2.00 bits per heavy atom. The molecular formula is C17H15BrN4OS. The standard InChI is InChI=1S/C17H15BrN4OS/c1-12-20-21-17(24-11-13-5-3-2-4-6-13)22(12)19-10-14-9-15(18)7-8-16(14)23/h2-10,23H,11H2,1H3/b19-10+. The smallest absolute Gasteiger partial charge is 0.212 e. The number of halogens is 1. The summed E-state index contributed by atoms with van der Waals surface area (Å²) in [6, 6.07) is 15.4. The number of thioether (sulfide) groups is 1. The topological polar surface area (TPSA) is 63.3 Å². The molecule has 0 aliphatic heterocycles. The number of benzene rings is 2. The van der Waals surface area contributed by atoms with Crippen molar-refractivity contribution in [1.29, 1.82) is 0 Å². The van der Waals surface area contributed by atoms with E-state index in [1.165, 1.54) is 5.56 Å². The van der Waals surface area contributed by atoms with E-state index in [0.717, 1.165) is 10.2 Å². The third-order valence-electron chi connectivity index (χ3n) is 3.28. The Bertz CT molecular complexity index is 864. The van der Waals surface area contributed by atoms with Crippen LogP contribution in [0.5, 0.6) is 5.75 Å². The van der Waals surface area contributed by atoms with Crippen molar-refractivity contribution < 1.29 is 5.11 Å². The summed E-state index contributed by atoms with van der Waals surface area (Å²) in [5.41, 5.74) is 1.83. The monoisotopic (exact) mass is 402 g/mol. The van der Waals surface area contributed by atoms with Gasteiger partial charge in [0.1, 0.15) is 5.75 Å². The molecule has 0 bridgehead atoms. The Morgan fingerprint density at radius 1 is 1.21 bits per heavy atom. The molecular weight excluding hydrogens is 388 g/mol. The Kier molecular flexibility index (Phi) is 5.32. The molecule has 0 aliphatic rings. The number of phenols is 1. The van der Waals surface area contributed by atoms with Crippen LogP contribution in [-0.4, -0.2) is 26.2 Å². The van der Waals surface area contributed by atoms with Gasteiger partial charge < -0.3 is 5.11 Å². The predicted octanol–water partition coefficient (Wildman–Crippen LogP) is 4.23. The van der Waals surface area contributed by atoms with Crippen molar-refractivity contribution in [3.8, 4) is 5.75 Å². The van der Waals surface area contributed by atoms with Crippen LogP contribution in [-0.2, 0) is 5.75 Å². The number of hydrogen-bond donors (Lipinski definition) is 1. The quantitative estimate of drug-likeness (QED) is 0.512. The van der Waals surface area contributed by atoms with Gasteiger partial charge in [-0.25, -0.2) is 0 Å². The molecule has 0 fully saturated rings. The molecule has 3 aromatic rings. The molecule has 24 heavy (non-hydrogen) atoms. The molecule has 1 N–H and O–H groups in total. The average Bonchev–Trinajstić information content (AvgIpc) is 2.95. The Hall–Kier alpha value is -2.12. The van der Waals surface area contributed by atoms with Gasteiger partial charge in [-0.05, 0) is 30.7 Å². The van der Waals surface area contributed by atoms with E-state index >= 15 is 0 Å². The number of aryl methyl sites for hydroxylation is 1. The minimum Gasteiger partial charge on any atom is -0.507 e. The maximum absolute atomic E-state index is 9.90. The van der Waals surface area contributed by atoms with Crippen LogP contribution in [0.15, 0.2) is 63.3 Å². The normalized spacial score (nSPS) is 11.2. The van der Waals surface area contributed by atoms with E-state index in [2.05, 4.69) is 43.4 Å². The first-order valence-corrected chi connectivity index (χ1v) is 9.03. The molecule has 7 heteroatoms. The maximum Gasteiger partial charge on any atom is 0.212 e. The molecule has 2 aromatic carbocycles. The molecule has 0 saturated carbocycles. The molecule has 0 spiro atoms. The van der Waals surface area contributed by atoms with Crippen molar-refractivity contribution in [1.82, 2.24) is 14.9 Å². The van der Waals surface area contributed by atoms with Gasteiger partial charge in [0.2, 0.25) is 5.16 Å². The highest BCUT2D eigenvalue weighted by atomic mass is 79.9.